The van der Waals surface area contributed by atoms with Gasteiger partial charge < -0.3 is 5.32 Å². The number of halogens is 5. The lowest BCUT2D eigenvalue weighted by molar-refractivity contribution is -0.148. The minimum Gasteiger partial charge on any atom is -0.314 e. The molecule has 0 unspecified atom stereocenters. The fourth-order valence-corrected chi connectivity index (χ4v) is 2.38. The Labute approximate surface area is 121 Å². The van der Waals surface area contributed by atoms with Gasteiger partial charge in [0, 0.05) is 32.2 Å². The summed E-state index contributed by atoms with van der Waals surface area (Å²) in [6.45, 7) is 2.39. The quantitative estimate of drug-likeness (QED) is 0.863. The van der Waals surface area contributed by atoms with Crippen LogP contribution in [0, 0.1) is 5.82 Å². The van der Waals surface area contributed by atoms with Crippen molar-refractivity contribution in [2.24, 2.45) is 0 Å². The summed E-state index contributed by atoms with van der Waals surface area (Å²) in [7, 11) is 0. The molecule has 0 radical (unpaired) electrons. The average molecular weight is 313 g/mol. The lowest BCUT2D eigenvalue weighted by Gasteiger charge is -2.35. The number of alkyl halides is 3. The number of rotatable bonds is 3. The van der Waals surface area contributed by atoms with E-state index in [1.807, 2.05) is 0 Å². The second kappa shape index (κ2) is 7.24. The van der Waals surface area contributed by atoms with Gasteiger partial charge in [0.2, 0.25) is 0 Å². The molecule has 20 heavy (non-hydrogen) atoms. The SMILES string of the molecule is Cl.Fc1cccc([C@@H](CC(F)(F)F)N2CCNCC2)c1. The Morgan fingerprint density at radius 2 is 1.85 bits per heavy atom. The van der Waals surface area contributed by atoms with Gasteiger partial charge in [0.05, 0.1) is 6.42 Å². The predicted octanol–water partition coefficient (Wildman–Crippen LogP) is 3.15. The van der Waals surface area contributed by atoms with E-state index in [0.29, 0.717) is 31.7 Å². The molecule has 1 aliphatic rings. The second-order valence-corrected chi connectivity index (χ2v) is 4.68. The van der Waals surface area contributed by atoms with Crippen molar-refractivity contribution in [1.82, 2.24) is 10.2 Å². The van der Waals surface area contributed by atoms with E-state index in [0.717, 1.165) is 0 Å². The second-order valence-electron chi connectivity index (χ2n) is 4.68. The maximum atomic E-state index is 13.2. The molecule has 2 rings (SSSR count). The van der Waals surface area contributed by atoms with Crippen LogP contribution in [0.5, 0.6) is 0 Å². The summed E-state index contributed by atoms with van der Waals surface area (Å²) in [5, 5.41) is 3.10. The van der Waals surface area contributed by atoms with Gasteiger partial charge in [-0.3, -0.25) is 4.90 Å². The van der Waals surface area contributed by atoms with Gasteiger partial charge in [-0.05, 0) is 17.7 Å². The predicted molar refractivity (Wildman–Crippen MR) is 71.5 cm³/mol. The summed E-state index contributed by atoms with van der Waals surface area (Å²) in [5.74, 6) is -0.500. The van der Waals surface area contributed by atoms with Crippen molar-refractivity contribution in [2.45, 2.75) is 18.6 Å². The first-order valence-electron chi connectivity index (χ1n) is 6.23. The van der Waals surface area contributed by atoms with Crippen molar-refractivity contribution in [3.05, 3.63) is 35.6 Å². The molecule has 0 bridgehead atoms. The fraction of sp³-hybridized carbons (Fsp3) is 0.538. The van der Waals surface area contributed by atoms with Crippen LogP contribution in [0.25, 0.3) is 0 Å². The van der Waals surface area contributed by atoms with Gasteiger partial charge in [-0.1, -0.05) is 12.1 Å². The molecular weight excluding hydrogens is 296 g/mol. The van der Waals surface area contributed by atoms with E-state index >= 15 is 0 Å². The van der Waals surface area contributed by atoms with Crippen LogP contribution < -0.4 is 5.32 Å². The van der Waals surface area contributed by atoms with E-state index in [2.05, 4.69) is 5.32 Å². The van der Waals surface area contributed by atoms with E-state index in [-0.39, 0.29) is 12.4 Å². The van der Waals surface area contributed by atoms with Crippen molar-refractivity contribution >= 4 is 12.4 Å². The summed E-state index contributed by atoms with van der Waals surface area (Å²) in [4.78, 5) is 1.76. The molecule has 1 aromatic carbocycles. The van der Waals surface area contributed by atoms with E-state index in [9.17, 15) is 17.6 Å². The van der Waals surface area contributed by atoms with Crippen LogP contribution in [0.4, 0.5) is 17.6 Å². The van der Waals surface area contributed by atoms with Crippen molar-refractivity contribution in [2.75, 3.05) is 26.2 Å². The van der Waals surface area contributed by atoms with Gasteiger partial charge in [-0.25, -0.2) is 4.39 Å². The lowest BCUT2D eigenvalue weighted by atomic mass is 10.0. The van der Waals surface area contributed by atoms with Crippen LogP contribution in [0.1, 0.15) is 18.0 Å². The van der Waals surface area contributed by atoms with Crippen LogP contribution >= 0.6 is 12.4 Å². The zero-order valence-corrected chi connectivity index (χ0v) is 11.6. The third kappa shape index (κ3) is 4.92. The smallest absolute Gasteiger partial charge is 0.314 e. The molecule has 0 amide bonds. The third-order valence-electron chi connectivity index (χ3n) is 3.25. The molecule has 7 heteroatoms. The molecule has 0 spiro atoms. The zero-order valence-electron chi connectivity index (χ0n) is 10.8. The Kier molecular flexibility index (Phi) is 6.23. The van der Waals surface area contributed by atoms with Crippen molar-refractivity contribution < 1.29 is 17.6 Å². The summed E-state index contributed by atoms with van der Waals surface area (Å²) in [6.07, 6.45) is -5.21. The number of hydrogen-bond acceptors (Lipinski definition) is 2. The highest BCUT2D eigenvalue weighted by Crippen LogP contribution is 2.34. The van der Waals surface area contributed by atoms with Gasteiger partial charge in [-0.2, -0.15) is 13.2 Å². The Morgan fingerprint density at radius 1 is 1.20 bits per heavy atom. The van der Waals surface area contributed by atoms with Crippen molar-refractivity contribution in [3.8, 4) is 0 Å². The number of piperazine rings is 1. The third-order valence-corrected chi connectivity index (χ3v) is 3.25. The average Bonchev–Trinajstić information content (AvgIpc) is 2.36. The maximum Gasteiger partial charge on any atom is 0.390 e. The first-order chi connectivity index (χ1) is 8.96. The fourth-order valence-electron chi connectivity index (χ4n) is 2.38. The molecule has 1 heterocycles. The summed E-state index contributed by atoms with van der Waals surface area (Å²) < 4.78 is 51.3. The van der Waals surface area contributed by atoms with Gasteiger partial charge in [-0.15, -0.1) is 12.4 Å². The van der Waals surface area contributed by atoms with Crippen LogP contribution in [0.15, 0.2) is 24.3 Å². The largest absolute Gasteiger partial charge is 0.390 e. The number of hydrogen-bond donors (Lipinski definition) is 1. The van der Waals surface area contributed by atoms with E-state index < -0.39 is 24.5 Å². The van der Waals surface area contributed by atoms with Crippen LogP contribution in [-0.4, -0.2) is 37.3 Å². The molecule has 1 fully saturated rings. The Hall–Kier alpha value is -0.850. The van der Waals surface area contributed by atoms with Crippen LogP contribution in [0.3, 0.4) is 0 Å². The van der Waals surface area contributed by atoms with Gasteiger partial charge in [0.1, 0.15) is 5.82 Å². The lowest BCUT2D eigenvalue weighted by Crippen LogP contribution is -2.46. The molecule has 1 aliphatic heterocycles. The number of nitrogens with zero attached hydrogens (tertiary/aromatic N) is 1. The normalized spacial score (nSPS) is 18.4. The van der Waals surface area contributed by atoms with Crippen molar-refractivity contribution in [3.63, 3.8) is 0 Å². The molecule has 2 nitrogen and oxygen atoms in total. The summed E-state index contributed by atoms with van der Waals surface area (Å²) >= 11 is 0. The van der Waals surface area contributed by atoms with E-state index in [1.54, 1.807) is 11.0 Å². The highest BCUT2D eigenvalue weighted by molar-refractivity contribution is 5.85. The van der Waals surface area contributed by atoms with Crippen molar-refractivity contribution in [1.29, 1.82) is 0 Å². The monoisotopic (exact) mass is 312 g/mol. The zero-order chi connectivity index (χ0) is 13.9. The topological polar surface area (TPSA) is 15.3 Å². The molecule has 1 aromatic rings. The van der Waals surface area contributed by atoms with Crippen LogP contribution in [0.2, 0.25) is 0 Å². The van der Waals surface area contributed by atoms with Gasteiger partial charge in [0.25, 0.3) is 0 Å². The molecule has 1 N–H and O–H groups in total. The summed E-state index contributed by atoms with van der Waals surface area (Å²) in [6, 6.07) is 4.64. The van der Waals surface area contributed by atoms with Gasteiger partial charge in [0.15, 0.2) is 0 Å². The number of benzene rings is 1. The highest BCUT2D eigenvalue weighted by atomic mass is 35.5. The standard InChI is InChI=1S/C13H16F4N2.ClH/c14-11-3-1-2-10(8-11)12(9-13(15,16)17)19-6-4-18-5-7-19;/h1-3,8,12,18H,4-7,9H2;1H/t12-;/m1./s1. The minimum absolute atomic E-state index is 0. The van der Waals surface area contributed by atoms with Gasteiger partial charge >= 0.3 is 6.18 Å². The molecule has 0 aliphatic carbocycles. The molecule has 1 saturated heterocycles. The minimum atomic E-state index is -4.26. The maximum absolute atomic E-state index is 13.2. The molecule has 0 saturated carbocycles. The van der Waals surface area contributed by atoms with E-state index in [4.69, 9.17) is 0 Å². The Balaban J connectivity index is 0.00000200. The molecular formula is C13H17ClF4N2. The first kappa shape index (κ1) is 17.2. The van der Waals surface area contributed by atoms with E-state index in [1.165, 1.54) is 18.2 Å². The van der Waals surface area contributed by atoms with Crippen LogP contribution in [-0.2, 0) is 0 Å². The Morgan fingerprint density at radius 3 is 2.40 bits per heavy atom. The Bertz CT molecular complexity index is 419. The summed E-state index contributed by atoms with van der Waals surface area (Å²) in [5.41, 5.74) is 0.388. The molecule has 1 atom stereocenters. The first-order valence-corrected chi connectivity index (χ1v) is 6.23. The molecule has 0 aromatic heterocycles. The highest BCUT2D eigenvalue weighted by Gasteiger charge is 2.35. The molecule has 114 valence electrons. The number of nitrogens with one attached hydrogen (secondary N) is 1.